The monoisotopic (exact) mass is 207 g/mol. The van der Waals surface area contributed by atoms with Crippen molar-refractivity contribution in [3.8, 4) is 0 Å². The lowest BCUT2D eigenvalue weighted by atomic mass is 9.99. The van der Waals surface area contributed by atoms with Crippen LogP contribution in [0.1, 0.15) is 29.7 Å². The van der Waals surface area contributed by atoms with Gasteiger partial charge < -0.3 is 10.4 Å². The zero-order valence-electron chi connectivity index (χ0n) is 9.37. The van der Waals surface area contributed by atoms with Crippen LogP contribution in [-0.2, 0) is 4.79 Å². The molecule has 3 nitrogen and oxygen atoms in total. The van der Waals surface area contributed by atoms with Gasteiger partial charge in [-0.2, -0.15) is 0 Å². The molecule has 1 atom stereocenters. The van der Waals surface area contributed by atoms with Crippen molar-refractivity contribution < 1.29 is 9.90 Å². The number of aliphatic hydroxyl groups excluding tert-OH is 1. The second-order valence-corrected chi connectivity index (χ2v) is 3.80. The van der Waals surface area contributed by atoms with Gasteiger partial charge in [-0.3, -0.25) is 4.79 Å². The molecule has 0 spiro atoms. The molecule has 1 unspecified atom stereocenters. The molecule has 2 N–H and O–H groups in total. The Labute approximate surface area is 90.1 Å². The molecule has 0 bridgehead atoms. The minimum atomic E-state index is -0.303. The largest absolute Gasteiger partial charge is 0.394 e. The van der Waals surface area contributed by atoms with Gasteiger partial charge in [0.05, 0.1) is 12.6 Å². The van der Waals surface area contributed by atoms with Crippen LogP contribution in [0.25, 0.3) is 0 Å². The van der Waals surface area contributed by atoms with Gasteiger partial charge in [0, 0.05) is 6.92 Å². The van der Waals surface area contributed by atoms with Crippen LogP contribution in [0, 0.1) is 13.8 Å². The molecule has 1 aromatic carbocycles. The molecular weight excluding hydrogens is 190 g/mol. The van der Waals surface area contributed by atoms with E-state index in [4.69, 9.17) is 0 Å². The summed E-state index contributed by atoms with van der Waals surface area (Å²) in [6.45, 7) is 5.37. The lowest BCUT2D eigenvalue weighted by Crippen LogP contribution is -2.29. The minimum Gasteiger partial charge on any atom is -0.394 e. The van der Waals surface area contributed by atoms with Crippen LogP contribution >= 0.6 is 0 Å². The van der Waals surface area contributed by atoms with E-state index in [2.05, 4.69) is 5.32 Å². The standard InChI is InChI=1S/C12H17NO2/c1-8-4-5-11(9(2)6-8)12(7-14)13-10(3)15/h4-6,12,14H,7H2,1-3H3,(H,13,15). The van der Waals surface area contributed by atoms with Crippen molar-refractivity contribution >= 4 is 5.91 Å². The van der Waals surface area contributed by atoms with Gasteiger partial charge in [-0.25, -0.2) is 0 Å². The summed E-state index contributed by atoms with van der Waals surface area (Å²) in [5.74, 6) is -0.131. The molecule has 0 aliphatic carbocycles. The van der Waals surface area contributed by atoms with E-state index >= 15 is 0 Å². The number of carbonyl (C=O) groups excluding carboxylic acids is 1. The molecule has 0 aliphatic rings. The minimum absolute atomic E-state index is 0.0799. The number of rotatable bonds is 3. The highest BCUT2D eigenvalue weighted by Crippen LogP contribution is 2.18. The molecule has 0 saturated carbocycles. The topological polar surface area (TPSA) is 49.3 Å². The summed E-state index contributed by atoms with van der Waals surface area (Å²) in [7, 11) is 0. The average Bonchev–Trinajstić information content (AvgIpc) is 2.14. The SMILES string of the molecule is CC(=O)NC(CO)c1ccc(C)cc1C. The fourth-order valence-electron chi connectivity index (χ4n) is 1.68. The second-order valence-electron chi connectivity index (χ2n) is 3.80. The summed E-state index contributed by atoms with van der Waals surface area (Å²) in [5, 5.41) is 11.9. The quantitative estimate of drug-likeness (QED) is 0.788. The summed E-state index contributed by atoms with van der Waals surface area (Å²) in [6.07, 6.45) is 0. The Morgan fingerprint density at radius 3 is 2.60 bits per heavy atom. The van der Waals surface area contributed by atoms with Crippen LogP contribution in [0.15, 0.2) is 18.2 Å². The molecule has 15 heavy (non-hydrogen) atoms. The Morgan fingerprint density at radius 2 is 2.13 bits per heavy atom. The fourth-order valence-corrected chi connectivity index (χ4v) is 1.68. The highest BCUT2D eigenvalue weighted by molar-refractivity contribution is 5.73. The van der Waals surface area contributed by atoms with Crippen LogP contribution < -0.4 is 5.32 Å². The van der Waals surface area contributed by atoms with Crippen molar-refractivity contribution in [3.05, 3.63) is 34.9 Å². The zero-order chi connectivity index (χ0) is 11.4. The van der Waals surface area contributed by atoms with Crippen LogP contribution in [0.4, 0.5) is 0 Å². The highest BCUT2D eigenvalue weighted by Gasteiger charge is 2.13. The molecule has 1 rings (SSSR count). The number of hydrogen-bond acceptors (Lipinski definition) is 2. The van der Waals surface area contributed by atoms with Gasteiger partial charge >= 0.3 is 0 Å². The second kappa shape index (κ2) is 4.94. The number of hydrogen-bond donors (Lipinski definition) is 2. The Hall–Kier alpha value is -1.35. The first-order valence-corrected chi connectivity index (χ1v) is 4.99. The fraction of sp³-hybridized carbons (Fsp3) is 0.417. The summed E-state index contributed by atoms with van der Waals surface area (Å²) in [5.41, 5.74) is 3.23. The van der Waals surface area contributed by atoms with Gasteiger partial charge in [0.1, 0.15) is 0 Å². The summed E-state index contributed by atoms with van der Waals surface area (Å²) >= 11 is 0. The van der Waals surface area contributed by atoms with Gasteiger partial charge in [0.2, 0.25) is 5.91 Å². The van der Waals surface area contributed by atoms with Crippen LogP contribution in [0.5, 0.6) is 0 Å². The maximum atomic E-state index is 10.9. The molecule has 1 aromatic rings. The molecule has 1 amide bonds. The average molecular weight is 207 g/mol. The predicted octanol–water partition coefficient (Wildman–Crippen LogP) is 1.47. The van der Waals surface area contributed by atoms with E-state index < -0.39 is 0 Å². The zero-order valence-corrected chi connectivity index (χ0v) is 9.37. The molecular formula is C12H17NO2. The van der Waals surface area contributed by atoms with Gasteiger partial charge in [0.15, 0.2) is 0 Å². The van der Waals surface area contributed by atoms with Crippen LogP contribution in [-0.4, -0.2) is 17.6 Å². The van der Waals surface area contributed by atoms with Crippen molar-refractivity contribution in [2.24, 2.45) is 0 Å². The summed E-state index contributed by atoms with van der Waals surface area (Å²) in [4.78, 5) is 10.9. The van der Waals surface area contributed by atoms with E-state index in [0.29, 0.717) is 0 Å². The van der Waals surface area contributed by atoms with E-state index in [1.165, 1.54) is 12.5 Å². The normalized spacial score (nSPS) is 12.3. The van der Waals surface area contributed by atoms with Crippen LogP contribution in [0.2, 0.25) is 0 Å². The maximum absolute atomic E-state index is 10.9. The van der Waals surface area contributed by atoms with E-state index in [0.717, 1.165) is 11.1 Å². The first-order valence-electron chi connectivity index (χ1n) is 4.99. The van der Waals surface area contributed by atoms with Crippen molar-refractivity contribution in [1.29, 1.82) is 0 Å². The van der Waals surface area contributed by atoms with Gasteiger partial charge in [0.25, 0.3) is 0 Å². The molecule has 0 saturated heterocycles. The van der Waals surface area contributed by atoms with Crippen molar-refractivity contribution in [2.45, 2.75) is 26.8 Å². The molecule has 0 heterocycles. The number of benzene rings is 1. The number of nitrogens with one attached hydrogen (secondary N) is 1. The van der Waals surface area contributed by atoms with Gasteiger partial charge in [-0.05, 0) is 25.0 Å². The van der Waals surface area contributed by atoms with E-state index in [-0.39, 0.29) is 18.6 Å². The lowest BCUT2D eigenvalue weighted by Gasteiger charge is -2.18. The van der Waals surface area contributed by atoms with Crippen molar-refractivity contribution in [2.75, 3.05) is 6.61 Å². The molecule has 0 aromatic heterocycles. The van der Waals surface area contributed by atoms with Crippen LogP contribution in [0.3, 0.4) is 0 Å². The first kappa shape index (κ1) is 11.7. The molecule has 0 aliphatic heterocycles. The molecule has 0 radical (unpaired) electrons. The molecule has 0 fully saturated rings. The summed E-state index contributed by atoms with van der Waals surface area (Å²) in [6, 6.07) is 5.66. The highest BCUT2D eigenvalue weighted by atomic mass is 16.3. The predicted molar refractivity (Wildman–Crippen MR) is 59.6 cm³/mol. The maximum Gasteiger partial charge on any atom is 0.217 e. The van der Waals surface area contributed by atoms with E-state index in [1.54, 1.807) is 0 Å². The third-order valence-electron chi connectivity index (χ3n) is 2.36. The number of carbonyl (C=O) groups is 1. The number of aryl methyl sites for hydroxylation is 2. The van der Waals surface area contributed by atoms with E-state index in [9.17, 15) is 9.90 Å². The van der Waals surface area contributed by atoms with Crippen molar-refractivity contribution in [3.63, 3.8) is 0 Å². The van der Waals surface area contributed by atoms with Gasteiger partial charge in [-0.15, -0.1) is 0 Å². The Balaban J connectivity index is 2.96. The molecule has 3 heteroatoms. The lowest BCUT2D eigenvalue weighted by molar-refractivity contribution is -0.120. The Bertz CT molecular complexity index is 361. The Kier molecular flexibility index (Phi) is 3.86. The number of amides is 1. The van der Waals surface area contributed by atoms with Crippen molar-refractivity contribution in [1.82, 2.24) is 5.32 Å². The third-order valence-corrected chi connectivity index (χ3v) is 2.36. The number of aliphatic hydroxyl groups is 1. The summed E-state index contributed by atoms with van der Waals surface area (Å²) < 4.78 is 0. The smallest absolute Gasteiger partial charge is 0.217 e. The Morgan fingerprint density at radius 1 is 1.47 bits per heavy atom. The molecule has 82 valence electrons. The first-order chi connectivity index (χ1) is 7.04. The van der Waals surface area contributed by atoms with Gasteiger partial charge in [-0.1, -0.05) is 23.8 Å². The third kappa shape index (κ3) is 3.06. The van der Waals surface area contributed by atoms with E-state index in [1.807, 2.05) is 32.0 Å².